The third-order valence-corrected chi connectivity index (χ3v) is 4.68. The summed E-state index contributed by atoms with van der Waals surface area (Å²) >= 11 is 0. The lowest BCUT2D eigenvalue weighted by Gasteiger charge is -2.09. The summed E-state index contributed by atoms with van der Waals surface area (Å²) in [6.45, 7) is 0. The number of aromatic amines is 1. The molecule has 2 heterocycles. The van der Waals surface area contributed by atoms with Crippen molar-refractivity contribution in [3.63, 3.8) is 0 Å². The van der Waals surface area contributed by atoms with Crippen molar-refractivity contribution in [2.45, 2.75) is 0 Å². The van der Waals surface area contributed by atoms with E-state index in [1.165, 1.54) is 0 Å². The van der Waals surface area contributed by atoms with E-state index in [4.69, 9.17) is 0 Å². The zero-order chi connectivity index (χ0) is 17.5. The number of hydrogen-bond acceptors (Lipinski definition) is 2. The summed E-state index contributed by atoms with van der Waals surface area (Å²) in [7, 11) is 0. The summed E-state index contributed by atoms with van der Waals surface area (Å²) in [5.74, 6) is -0.140. The molecule has 26 heavy (non-hydrogen) atoms. The summed E-state index contributed by atoms with van der Waals surface area (Å²) in [6.07, 6.45) is 1.71. The molecule has 0 spiro atoms. The van der Waals surface area contributed by atoms with Crippen LogP contribution in [0.1, 0.15) is 10.4 Å². The zero-order valence-electron chi connectivity index (χ0n) is 13.9. The monoisotopic (exact) mass is 337 g/mol. The highest BCUT2D eigenvalue weighted by Crippen LogP contribution is 2.28. The number of nitrogens with zero attached hydrogens (tertiary/aromatic N) is 1. The fraction of sp³-hybridized carbons (Fsp3) is 0. The molecule has 0 bridgehead atoms. The van der Waals surface area contributed by atoms with Crippen LogP contribution < -0.4 is 5.32 Å². The highest BCUT2D eigenvalue weighted by Gasteiger charge is 2.14. The number of hydrogen-bond donors (Lipinski definition) is 2. The summed E-state index contributed by atoms with van der Waals surface area (Å²) in [6, 6.07) is 23.5. The number of carbonyl (C=O) groups excluding carboxylic acids is 1. The minimum absolute atomic E-state index is 0.140. The Morgan fingerprint density at radius 1 is 0.808 bits per heavy atom. The van der Waals surface area contributed by atoms with Crippen molar-refractivity contribution < 1.29 is 4.79 Å². The lowest BCUT2D eigenvalue weighted by atomic mass is 10.1. The molecular weight excluding hydrogens is 322 g/mol. The van der Waals surface area contributed by atoms with Crippen LogP contribution in [-0.4, -0.2) is 15.9 Å². The minimum atomic E-state index is -0.140. The lowest BCUT2D eigenvalue weighted by molar-refractivity contribution is 0.102. The molecule has 0 unspecified atom stereocenters. The SMILES string of the molecule is O=C(Nc1ccnc2ccccc12)c1cccc2c1[nH]c1ccccc12. The number of amides is 1. The number of nitrogens with one attached hydrogen (secondary N) is 2. The molecule has 0 radical (unpaired) electrons. The van der Waals surface area contributed by atoms with Crippen LogP contribution >= 0.6 is 0 Å². The van der Waals surface area contributed by atoms with Gasteiger partial charge in [0.05, 0.1) is 22.3 Å². The highest BCUT2D eigenvalue weighted by molar-refractivity contribution is 6.18. The van der Waals surface area contributed by atoms with Gasteiger partial charge in [-0.25, -0.2) is 0 Å². The van der Waals surface area contributed by atoms with Gasteiger partial charge in [-0.1, -0.05) is 48.5 Å². The number of pyridine rings is 1. The van der Waals surface area contributed by atoms with Gasteiger partial charge < -0.3 is 10.3 Å². The number of fused-ring (bicyclic) bond motifs is 4. The van der Waals surface area contributed by atoms with Crippen LogP contribution in [0.4, 0.5) is 5.69 Å². The smallest absolute Gasteiger partial charge is 0.257 e. The predicted octanol–water partition coefficient (Wildman–Crippen LogP) is 5.12. The van der Waals surface area contributed by atoms with Gasteiger partial charge in [0.25, 0.3) is 5.91 Å². The van der Waals surface area contributed by atoms with Crippen LogP contribution in [0.5, 0.6) is 0 Å². The van der Waals surface area contributed by atoms with Crippen LogP contribution in [0.3, 0.4) is 0 Å². The van der Waals surface area contributed by atoms with Crippen molar-refractivity contribution in [2.24, 2.45) is 0 Å². The van der Waals surface area contributed by atoms with E-state index in [9.17, 15) is 4.79 Å². The summed E-state index contributed by atoms with van der Waals surface area (Å²) in [4.78, 5) is 20.7. The molecule has 1 amide bonds. The maximum Gasteiger partial charge on any atom is 0.257 e. The maximum absolute atomic E-state index is 13.0. The number of carbonyl (C=O) groups is 1. The van der Waals surface area contributed by atoms with Crippen molar-refractivity contribution in [2.75, 3.05) is 5.32 Å². The second-order valence-corrected chi connectivity index (χ2v) is 6.23. The number of anilines is 1. The molecular formula is C22H15N3O. The first-order chi connectivity index (χ1) is 12.8. The number of H-pyrrole nitrogens is 1. The molecule has 4 heteroatoms. The van der Waals surface area contributed by atoms with Crippen molar-refractivity contribution in [1.82, 2.24) is 9.97 Å². The van der Waals surface area contributed by atoms with E-state index >= 15 is 0 Å². The van der Waals surface area contributed by atoms with Crippen molar-refractivity contribution in [3.8, 4) is 0 Å². The van der Waals surface area contributed by atoms with Gasteiger partial charge in [-0.3, -0.25) is 9.78 Å². The second-order valence-electron chi connectivity index (χ2n) is 6.23. The Kier molecular flexibility index (Phi) is 3.22. The van der Waals surface area contributed by atoms with Crippen molar-refractivity contribution in [3.05, 3.63) is 84.6 Å². The molecule has 0 aliphatic rings. The van der Waals surface area contributed by atoms with Crippen LogP contribution in [0.2, 0.25) is 0 Å². The Balaban J connectivity index is 1.62. The third kappa shape index (κ3) is 2.24. The summed E-state index contributed by atoms with van der Waals surface area (Å²) in [5, 5.41) is 6.13. The van der Waals surface area contributed by atoms with Gasteiger partial charge >= 0.3 is 0 Å². The molecule has 0 aliphatic heterocycles. The molecule has 0 fully saturated rings. The average molecular weight is 337 g/mol. The van der Waals surface area contributed by atoms with Gasteiger partial charge in [0.2, 0.25) is 0 Å². The second kappa shape index (κ2) is 5.70. The van der Waals surface area contributed by atoms with E-state index in [1.54, 1.807) is 6.20 Å². The van der Waals surface area contributed by atoms with Crippen molar-refractivity contribution in [1.29, 1.82) is 0 Å². The molecule has 2 aromatic heterocycles. The van der Waals surface area contributed by atoms with Gasteiger partial charge in [0.1, 0.15) is 0 Å². The Morgan fingerprint density at radius 2 is 1.58 bits per heavy atom. The highest BCUT2D eigenvalue weighted by atomic mass is 16.1. The first kappa shape index (κ1) is 14.7. The van der Waals surface area contributed by atoms with E-state index in [-0.39, 0.29) is 5.91 Å². The van der Waals surface area contributed by atoms with Crippen LogP contribution in [0, 0.1) is 0 Å². The quantitative estimate of drug-likeness (QED) is 0.469. The summed E-state index contributed by atoms with van der Waals surface area (Å²) < 4.78 is 0. The minimum Gasteiger partial charge on any atom is -0.354 e. The maximum atomic E-state index is 13.0. The molecule has 5 rings (SSSR count). The van der Waals surface area contributed by atoms with Gasteiger partial charge in [0.15, 0.2) is 0 Å². The molecule has 0 aliphatic carbocycles. The topological polar surface area (TPSA) is 57.8 Å². The lowest BCUT2D eigenvalue weighted by Crippen LogP contribution is -2.12. The third-order valence-electron chi connectivity index (χ3n) is 4.68. The molecule has 2 N–H and O–H groups in total. The van der Waals surface area contributed by atoms with Gasteiger partial charge in [0, 0.05) is 27.9 Å². The summed E-state index contributed by atoms with van der Waals surface area (Å²) in [5.41, 5.74) is 4.11. The Hall–Kier alpha value is -3.66. The van der Waals surface area contributed by atoms with E-state index in [1.807, 2.05) is 66.7 Å². The molecule has 0 saturated carbocycles. The fourth-order valence-electron chi connectivity index (χ4n) is 3.46. The first-order valence-electron chi connectivity index (χ1n) is 8.46. The largest absolute Gasteiger partial charge is 0.354 e. The molecule has 0 atom stereocenters. The van der Waals surface area contributed by atoms with Gasteiger partial charge in [-0.15, -0.1) is 0 Å². The Bertz CT molecular complexity index is 1280. The van der Waals surface area contributed by atoms with Gasteiger partial charge in [-0.2, -0.15) is 0 Å². The number of rotatable bonds is 2. The first-order valence-corrected chi connectivity index (χ1v) is 8.46. The van der Waals surface area contributed by atoms with Crippen LogP contribution in [0.15, 0.2) is 79.0 Å². The standard InChI is InChI=1S/C22H15N3O/c26-22(25-20-12-13-23-18-10-3-2-7-16(18)20)17-9-5-8-15-14-6-1-4-11-19(14)24-21(15)17/h1-13,24H,(H,23,25,26). The number of para-hydroxylation sites is 3. The van der Waals surface area contributed by atoms with Gasteiger partial charge in [-0.05, 0) is 24.3 Å². The van der Waals surface area contributed by atoms with E-state index in [2.05, 4.69) is 21.4 Å². The van der Waals surface area contributed by atoms with E-state index in [0.717, 1.165) is 38.4 Å². The molecule has 124 valence electrons. The van der Waals surface area contributed by atoms with Crippen molar-refractivity contribution >= 4 is 44.3 Å². The van der Waals surface area contributed by atoms with Crippen LogP contribution in [0.25, 0.3) is 32.7 Å². The Morgan fingerprint density at radius 3 is 2.50 bits per heavy atom. The molecule has 0 saturated heterocycles. The zero-order valence-corrected chi connectivity index (χ0v) is 13.9. The molecule has 4 nitrogen and oxygen atoms in total. The van der Waals surface area contributed by atoms with E-state index < -0.39 is 0 Å². The fourth-order valence-corrected chi connectivity index (χ4v) is 3.46. The predicted molar refractivity (Wildman–Crippen MR) is 106 cm³/mol. The van der Waals surface area contributed by atoms with Crippen LogP contribution in [-0.2, 0) is 0 Å². The molecule has 3 aromatic carbocycles. The number of benzene rings is 3. The Labute approximate surface area is 149 Å². The normalized spacial score (nSPS) is 11.2. The number of aromatic nitrogens is 2. The van der Waals surface area contributed by atoms with E-state index in [0.29, 0.717) is 5.56 Å². The molecule has 5 aromatic rings. The average Bonchev–Trinajstić information content (AvgIpc) is 3.07.